The minimum atomic E-state index is 0.479. The van der Waals surface area contributed by atoms with Gasteiger partial charge >= 0.3 is 0 Å². The summed E-state index contributed by atoms with van der Waals surface area (Å²) in [5.74, 6) is 0.479. The van der Waals surface area contributed by atoms with Crippen molar-refractivity contribution >= 4 is 0 Å². The van der Waals surface area contributed by atoms with E-state index in [0.29, 0.717) is 5.75 Å². The zero-order valence-corrected chi connectivity index (χ0v) is 8.79. The van der Waals surface area contributed by atoms with Crippen LogP contribution in [0.2, 0.25) is 0 Å². The number of phenolic OH excluding ortho intramolecular Hbond substituents is 1. The van der Waals surface area contributed by atoms with Gasteiger partial charge in [-0.1, -0.05) is 25.1 Å². The normalized spacial score (nSPS) is 10.4. The Bertz CT molecular complexity index is 284. The highest BCUT2D eigenvalue weighted by molar-refractivity contribution is 5.40. The Hall–Kier alpha value is -1.02. The van der Waals surface area contributed by atoms with E-state index in [2.05, 4.69) is 6.92 Å². The number of hydrogen-bond acceptors (Lipinski definition) is 2. The number of hydrogen-bond donors (Lipinski definition) is 2. The third-order valence-corrected chi connectivity index (χ3v) is 2.48. The number of aromatic hydroxyl groups is 1. The number of phenols is 1. The maximum Gasteiger partial charge on any atom is 0.121 e. The first-order valence-electron chi connectivity index (χ1n) is 5.29. The quantitative estimate of drug-likeness (QED) is 0.704. The van der Waals surface area contributed by atoms with E-state index in [1.54, 1.807) is 0 Å². The Morgan fingerprint density at radius 2 is 1.93 bits per heavy atom. The summed E-state index contributed by atoms with van der Waals surface area (Å²) in [5, 5.41) is 9.86. The molecule has 2 nitrogen and oxygen atoms in total. The monoisotopic (exact) mass is 193 g/mol. The summed E-state index contributed by atoms with van der Waals surface area (Å²) in [6, 6.07) is 5.98. The number of rotatable bonds is 5. The van der Waals surface area contributed by atoms with Gasteiger partial charge in [0.25, 0.3) is 0 Å². The van der Waals surface area contributed by atoms with Crippen LogP contribution in [-0.4, -0.2) is 11.7 Å². The van der Waals surface area contributed by atoms with Crippen LogP contribution in [0.4, 0.5) is 0 Å². The summed E-state index contributed by atoms with van der Waals surface area (Å²) < 4.78 is 0. The van der Waals surface area contributed by atoms with Crippen LogP contribution in [-0.2, 0) is 12.8 Å². The number of nitrogens with two attached hydrogens (primary N) is 1. The Kier molecular flexibility index (Phi) is 4.47. The van der Waals surface area contributed by atoms with Gasteiger partial charge in [0.05, 0.1) is 0 Å². The third-order valence-electron chi connectivity index (χ3n) is 2.48. The van der Waals surface area contributed by atoms with Gasteiger partial charge in [-0.3, -0.25) is 0 Å². The molecule has 0 unspecified atom stereocenters. The van der Waals surface area contributed by atoms with Crippen molar-refractivity contribution in [1.82, 2.24) is 0 Å². The first-order valence-corrected chi connectivity index (χ1v) is 5.29. The highest BCUT2D eigenvalue weighted by atomic mass is 16.3. The van der Waals surface area contributed by atoms with E-state index in [9.17, 15) is 5.11 Å². The van der Waals surface area contributed by atoms with Crippen LogP contribution < -0.4 is 5.73 Å². The average molecular weight is 193 g/mol. The molecule has 0 aliphatic heterocycles. The van der Waals surface area contributed by atoms with Gasteiger partial charge in [-0.15, -0.1) is 0 Å². The number of unbranched alkanes of at least 4 members (excludes halogenated alkanes) is 1. The predicted octanol–water partition coefficient (Wildman–Crippen LogP) is 2.24. The fourth-order valence-electron chi connectivity index (χ4n) is 1.59. The van der Waals surface area contributed by atoms with Crippen molar-refractivity contribution in [1.29, 1.82) is 0 Å². The Morgan fingerprint density at radius 3 is 2.57 bits per heavy atom. The molecule has 1 aromatic rings. The van der Waals surface area contributed by atoms with E-state index in [1.807, 2.05) is 18.2 Å². The summed E-state index contributed by atoms with van der Waals surface area (Å²) in [5.41, 5.74) is 7.52. The second-order valence-corrected chi connectivity index (χ2v) is 3.52. The highest BCUT2D eigenvalue weighted by Gasteiger charge is 2.04. The van der Waals surface area contributed by atoms with Crippen molar-refractivity contribution in [3.8, 4) is 5.75 Å². The molecule has 0 saturated heterocycles. The van der Waals surface area contributed by atoms with E-state index in [-0.39, 0.29) is 0 Å². The molecule has 0 radical (unpaired) electrons. The van der Waals surface area contributed by atoms with E-state index in [4.69, 9.17) is 5.73 Å². The SMILES string of the molecule is CCc1cccc(CCCCN)c1O. The molecule has 0 aliphatic carbocycles. The number of benzene rings is 1. The lowest BCUT2D eigenvalue weighted by molar-refractivity contribution is 0.460. The zero-order chi connectivity index (χ0) is 10.4. The molecule has 0 atom stereocenters. The van der Waals surface area contributed by atoms with Gasteiger partial charge in [0, 0.05) is 0 Å². The third kappa shape index (κ3) is 2.74. The summed E-state index contributed by atoms with van der Waals surface area (Å²) >= 11 is 0. The van der Waals surface area contributed by atoms with E-state index in [1.165, 1.54) is 0 Å². The lowest BCUT2D eigenvalue weighted by Gasteiger charge is -2.07. The van der Waals surface area contributed by atoms with Crippen LogP contribution in [0.5, 0.6) is 5.75 Å². The van der Waals surface area contributed by atoms with Crippen LogP contribution in [0.3, 0.4) is 0 Å². The molecule has 0 heterocycles. The molecule has 78 valence electrons. The van der Waals surface area contributed by atoms with Crippen molar-refractivity contribution in [2.45, 2.75) is 32.6 Å². The second-order valence-electron chi connectivity index (χ2n) is 3.52. The lowest BCUT2D eigenvalue weighted by atomic mass is 10.0. The lowest BCUT2D eigenvalue weighted by Crippen LogP contribution is -1.99. The molecule has 1 rings (SSSR count). The molecule has 0 aliphatic rings. The second kappa shape index (κ2) is 5.66. The minimum Gasteiger partial charge on any atom is -0.507 e. The van der Waals surface area contributed by atoms with Crippen molar-refractivity contribution in [3.05, 3.63) is 29.3 Å². The summed E-state index contributed by atoms with van der Waals surface area (Å²) in [7, 11) is 0. The molecule has 0 fully saturated rings. The predicted molar refractivity (Wildman–Crippen MR) is 59.5 cm³/mol. The highest BCUT2D eigenvalue weighted by Crippen LogP contribution is 2.24. The molecule has 0 aromatic heterocycles. The Morgan fingerprint density at radius 1 is 1.21 bits per heavy atom. The largest absolute Gasteiger partial charge is 0.507 e. The van der Waals surface area contributed by atoms with Gasteiger partial charge in [-0.2, -0.15) is 0 Å². The molecule has 2 heteroatoms. The number of para-hydroxylation sites is 1. The van der Waals surface area contributed by atoms with Crippen LogP contribution >= 0.6 is 0 Å². The van der Waals surface area contributed by atoms with Gasteiger partial charge in [0.15, 0.2) is 0 Å². The van der Waals surface area contributed by atoms with Gasteiger partial charge in [0.2, 0.25) is 0 Å². The minimum absolute atomic E-state index is 0.479. The van der Waals surface area contributed by atoms with Crippen molar-refractivity contribution in [2.24, 2.45) is 5.73 Å². The van der Waals surface area contributed by atoms with Crippen LogP contribution in [0, 0.1) is 0 Å². The standard InChI is InChI=1S/C12H19NO/c1-2-10-7-5-8-11(12(10)14)6-3-4-9-13/h5,7-8,14H,2-4,6,9,13H2,1H3. The maximum atomic E-state index is 9.86. The molecule has 1 aromatic carbocycles. The zero-order valence-electron chi connectivity index (χ0n) is 8.79. The van der Waals surface area contributed by atoms with E-state index < -0.39 is 0 Å². The van der Waals surface area contributed by atoms with Gasteiger partial charge in [-0.25, -0.2) is 0 Å². The fourth-order valence-corrected chi connectivity index (χ4v) is 1.59. The summed E-state index contributed by atoms with van der Waals surface area (Å²) in [6.45, 7) is 2.78. The van der Waals surface area contributed by atoms with Crippen molar-refractivity contribution in [2.75, 3.05) is 6.54 Å². The Labute approximate surface area is 85.8 Å². The van der Waals surface area contributed by atoms with E-state index >= 15 is 0 Å². The van der Waals surface area contributed by atoms with Crippen LogP contribution in [0.1, 0.15) is 30.9 Å². The van der Waals surface area contributed by atoms with Crippen LogP contribution in [0.15, 0.2) is 18.2 Å². The molecule has 0 spiro atoms. The first-order chi connectivity index (χ1) is 6.79. The molecular formula is C12H19NO. The molecule has 0 saturated carbocycles. The average Bonchev–Trinajstić information content (AvgIpc) is 2.21. The fraction of sp³-hybridized carbons (Fsp3) is 0.500. The topological polar surface area (TPSA) is 46.2 Å². The molecule has 14 heavy (non-hydrogen) atoms. The Balaban J connectivity index is 2.66. The number of aryl methyl sites for hydroxylation is 2. The summed E-state index contributed by atoms with van der Waals surface area (Å²) in [6.07, 6.45) is 3.89. The van der Waals surface area contributed by atoms with Crippen LogP contribution in [0.25, 0.3) is 0 Å². The molecule has 0 bridgehead atoms. The molecule has 3 N–H and O–H groups in total. The van der Waals surface area contributed by atoms with E-state index in [0.717, 1.165) is 43.4 Å². The van der Waals surface area contributed by atoms with Crippen molar-refractivity contribution in [3.63, 3.8) is 0 Å². The van der Waals surface area contributed by atoms with Crippen molar-refractivity contribution < 1.29 is 5.11 Å². The molecular weight excluding hydrogens is 174 g/mol. The van der Waals surface area contributed by atoms with Gasteiger partial charge in [-0.05, 0) is 43.4 Å². The smallest absolute Gasteiger partial charge is 0.121 e. The maximum absolute atomic E-state index is 9.86. The molecule has 0 amide bonds. The first kappa shape index (κ1) is 11.1. The van der Waals surface area contributed by atoms with Gasteiger partial charge in [0.1, 0.15) is 5.75 Å². The van der Waals surface area contributed by atoms with Gasteiger partial charge < -0.3 is 10.8 Å². The summed E-state index contributed by atoms with van der Waals surface area (Å²) in [4.78, 5) is 0.